The fraction of sp³-hybridized carbons (Fsp3) is 0.833. The highest BCUT2D eigenvalue weighted by Gasteiger charge is 1.94. The number of hydrogen-bond acceptors (Lipinski definition) is 4. The summed E-state index contributed by atoms with van der Waals surface area (Å²) in [5.74, 6) is 0. The molecule has 0 unspecified atom stereocenters. The van der Waals surface area contributed by atoms with Gasteiger partial charge in [0.25, 0.3) is 0 Å². The van der Waals surface area contributed by atoms with E-state index in [1.54, 1.807) is 16.8 Å². The summed E-state index contributed by atoms with van der Waals surface area (Å²) in [5.41, 5.74) is 1.76. The predicted octanol–water partition coefficient (Wildman–Crippen LogP) is 4.09. The van der Waals surface area contributed by atoms with Crippen molar-refractivity contribution in [1.82, 2.24) is 10.2 Å². The van der Waals surface area contributed by atoms with Gasteiger partial charge in [0.1, 0.15) is 5.51 Å². The van der Waals surface area contributed by atoms with E-state index < -0.39 is 0 Å². The van der Waals surface area contributed by atoms with Gasteiger partial charge in [-0.25, -0.2) is 0 Å². The molecule has 0 radical (unpaired) electrons. The molecule has 3 nitrogen and oxygen atoms in total. The SMILES string of the molecule is CCCCCCCCCCNc1nncs1. The van der Waals surface area contributed by atoms with Crippen LogP contribution in [0.4, 0.5) is 5.13 Å². The third-order valence-electron chi connectivity index (χ3n) is 2.67. The Kier molecular flexibility index (Phi) is 8.04. The van der Waals surface area contributed by atoms with E-state index in [4.69, 9.17) is 0 Å². The lowest BCUT2D eigenvalue weighted by atomic mass is 10.1. The maximum absolute atomic E-state index is 3.94. The van der Waals surface area contributed by atoms with Gasteiger partial charge in [-0.1, -0.05) is 63.2 Å². The van der Waals surface area contributed by atoms with E-state index in [0.29, 0.717) is 0 Å². The van der Waals surface area contributed by atoms with Gasteiger partial charge < -0.3 is 5.32 Å². The van der Waals surface area contributed by atoms with E-state index in [0.717, 1.165) is 11.7 Å². The zero-order valence-electron chi connectivity index (χ0n) is 10.2. The van der Waals surface area contributed by atoms with Gasteiger partial charge in [-0.2, -0.15) is 0 Å². The Bertz CT molecular complexity index is 236. The molecule has 92 valence electrons. The van der Waals surface area contributed by atoms with Gasteiger partial charge in [0.05, 0.1) is 0 Å². The lowest BCUT2D eigenvalue weighted by molar-refractivity contribution is 0.581. The second-order valence-corrected chi connectivity index (χ2v) is 4.98. The summed E-state index contributed by atoms with van der Waals surface area (Å²) < 4.78 is 0. The molecule has 0 aliphatic heterocycles. The van der Waals surface area contributed by atoms with Crippen molar-refractivity contribution in [2.75, 3.05) is 11.9 Å². The van der Waals surface area contributed by atoms with Crippen molar-refractivity contribution in [3.8, 4) is 0 Å². The normalized spacial score (nSPS) is 10.6. The quantitative estimate of drug-likeness (QED) is 0.627. The highest BCUT2D eigenvalue weighted by atomic mass is 32.1. The van der Waals surface area contributed by atoms with E-state index in [-0.39, 0.29) is 0 Å². The van der Waals surface area contributed by atoms with Gasteiger partial charge in [0.15, 0.2) is 0 Å². The first kappa shape index (κ1) is 13.4. The second-order valence-electron chi connectivity index (χ2n) is 4.15. The maximum Gasteiger partial charge on any atom is 0.205 e. The van der Waals surface area contributed by atoms with Crippen molar-refractivity contribution < 1.29 is 0 Å². The fourth-order valence-electron chi connectivity index (χ4n) is 1.70. The molecule has 1 aromatic heterocycles. The molecule has 0 aromatic carbocycles. The Hall–Kier alpha value is -0.640. The minimum absolute atomic E-state index is 0.947. The Labute approximate surface area is 103 Å². The monoisotopic (exact) mass is 241 g/mol. The lowest BCUT2D eigenvalue weighted by Gasteiger charge is -2.02. The molecule has 0 bridgehead atoms. The summed E-state index contributed by atoms with van der Waals surface area (Å²) in [7, 11) is 0. The van der Waals surface area contributed by atoms with Gasteiger partial charge in [0.2, 0.25) is 5.13 Å². The number of aromatic nitrogens is 2. The van der Waals surface area contributed by atoms with Crippen LogP contribution in [0.1, 0.15) is 58.3 Å². The van der Waals surface area contributed by atoms with E-state index in [2.05, 4.69) is 22.4 Å². The topological polar surface area (TPSA) is 37.8 Å². The molecule has 0 saturated carbocycles. The predicted molar refractivity (Wildman–Crippen MR) is 71.0 cm³/mol. The van der Waals surface area contributed by atoms with Crippen molar-refractivity contribution in [3.63, 3.8) is 0 Å². The van der Waals surface area contributed by atoms with Gasteiger partial charge in [0, 0.05) is 6.54 Å². The number of nitrogens with one attached hydrogen (secondary N) is 1. The molecule has 0 fully saturated rings. The minimum Gasteiger partial charge on any atom is -0.360 e. The first-order chi connectivity index (χ1) is 7.93. The highest BCUT2D eigenvalue weighted by molar-refractivity contribution is 7.13. The molecule has 0 amide bonds. The number of nitrogens with zero attached hydrogens (tertiary/aromatic N) is 2. The Morgan fingerprint density at radius 3 is 2.38 bits per heavy atom. The Morgan fingerprint density at radius 1 is 1.06 bits per heavy atom. The summed E-state index contributed by atoms with van der Waals surface area (Å²) in [6, 6.07) is 0. The van der Waals surface area contributed by atoms with E-state index in [9.17, 15) is 0 Å². The van der Waals surface area contributed by atoms with E-state index in [1.807, 2.05) is 0 Å². The van der Waals surface area contributed by atoms with Crippen molar-refractivity contribution in [2.24, 2.45) is 0 Å². The molecule has 1 N–H and O–H groups in total. The maximum atomic E-state index is 3.94. The molecule has 0 aliphatic carbocycles. The van der Waals surface area contributed by atoms with E-state index >= 15 is 0 Å². The van der Waals surface area contributed by atoms with Crippen molar-refractivity contribution in [2.45, 2.75) is 58.3 Å². The molecule has 0 aliphatic rings. The van der Waals surface area contributed by atoms with Crippen LogP contribution in [0.25, 0.3) is 0 Å². The van der Waals surface area contributed by atoms with Crippen LogP contribution in [0.15, 0.2) is 5.51 Å². The third-order valence-corrected chi connectivity index (χ3v) is 3.32. The molecule has 0 saturated heterocycles. The van der Waals surface area contributed by atoms with Gasteiger partial charge >= 0.3 is 0 Å². The highest BCUT2D eigenvalue weighted by Crippen LogP contribution is 2.10. The van der Waals surface area contributed by atoms with Gasteiger partial charge in [-0.15, -0.1) is 10.2 Å². The summed E-state index contributed by atoms with van der Waals surface area (Å²) in [6.45, 7) is 3.29. The second kappa shape index (κ2) is 9.58. The zero-order chi connectivity index (χ0) is 11.5. The van der Waals surface area contributed by atoms with Crippen molar-refractivity contribution in [3.05, 3.63) is 5.51 Å². The number of unbranched alkanes of at least 4 members (excludes halogenated alkanes) is 7. The van der Waals surface area contributed by atoms with Crippen LogP contribution in [0.3, 0.4) is 0 Å². The van der Waals surface area contributed by atoms with Crippen LogP contribution in [0.5, 0.6) is 0 Å². The molecule has 1 rings (SSSR count). The molecule has 0 atom stereocenters. The fourth-order valence-corrected chi connectivity index (χ4v) is 2.18. The van der Waals surface area contributed by atoms with Gasteiger partial charge in [-0.05, 0) is 6.42 Å². The summed E-state index contributed by atoms with van der Waals surface area (Å²) in [6.07, 6.45) is 10.9. The summed E-state index contributed by atoms with van der Waals surface area (Å²) in [4.78, 5) is 0. The molecule has 0 spiro atoms. The first-order valence-electron chi connectivity index (χ1n) is 6.43. The number of anilines is 1. The van der Waals surface area contributed by atoms with Crippen molar-refractivity contribution >= 4 is 16.5 Å². The van der Waals surface area contributed by atoms with Crippen LogP contribution < -0.4 is 5.32 Å². The largest absolute Gasteiger partial charge is 0.360 e. The lowest BCUT2D eigenvalue weighted by Crippen LogP contribution is -2.00. The van der Waals surface area contributed by atoms with Gasteiger partial charge in [-0.3, -0.25) is 0 Å². The summed E-state index contributed by atoms with van der Waals surface area (Å²) in [5, 5.41) is 12.0. The van der Waals surface area contributed by atoms with Crippen LogP contribution in [0, 0.1) is 0 Å². The first-order valence-corrected chi connectivity index (χ1v) is 7.31. The van der Waals surface area contributed by atoms with Crippen LogP contribution in [0.2, 0.25) is 0 Å². The van der Waals surface area contributed by atoms with Crippen LogP contribution >= 0.6 is 11.3 Å². The molecule has 1 heterocycles. The third kappa shape index (κ3) is 6.77. The molecule has 4 heteroatoms. The van der Waals surface area contributed by atoms with Crippen LogP contribution in [-0.4, -0.2) is 16.7 Å². The zero-order valence-corrected chi connectivity index (χ0v) is 11.1. The minimum atomic E-state index is 0.947. The average Bonchev–Trinajstić information content (AvgIpc) is 2.80. The number of hydrogen-bond donors (Lipinski definition) is 1. The Balaban J connectivity index is 1.78. The standard InChI is InChI=1S/C12H23N3S/c1-2-3-4-5-6-7-8-9-10-13-12-15-14-11-16-12/h11H,2-10H2,1H3,(H,13,15). The molecule has 16 heavy (non-hydrogen) atoms. The van der Waals surface area contributed by atoms with Crippen molar-refractivity contribution in [1.29, 1.82) is 0 Å². The van der Waals surface area contributed by atoms with E-state index in [1.165, 1.54) is 51.4 Å². The summed E-state index contributed by atoms with van der Waals surface area (Å²) >= 11 is 1.57. The average molecular weight is 241 g/mol. The molecular weight excluding hydrogens is 218 g/mol. The smallest absolute Gasteiger partial charge is 0.205 e. The Morgan fingerprint density at radius 2 is 1.75 bits per heavy atom. The molecular formula is C12H23N3S. The van der Waals surface area contributed by atoms with Crippen LogP contribution in [-0.2, 0) is 0 Å². The number of rotatable bonds is 10. The molecule has 1 aromatic rings.